The van der Waals surface area contributed by atoms with Crippen molar-refractivity contribution < 1.29 is 27.0 Å². The zero-order chi connectivity index (χ0) is 17.3. The number of benzene rings is 1. The van der Waals surface area contributed by atoms with Gasteiger partial charge in [0.2, 0.25) is 10.0 Å². The summed E-state index contributed by atoms with van der Waals surface area (Å²) < 4.78 is 57.4. The third-order valence-electron chi connectivity index (χ3n) is 4.44. The fraction of sp³-hybridized carbons (Fsp3) is 0.625. The number of sulfonamides is 1. The average molecular weight is 359 g/mol. The number of nitrogens with zero attached hydrogens (tertiary/aromatic N) is 1. The highest BCUT2D eigenvalue weighted by Crippen LogP contribution is 2.37. The third kappa shape index (κ3) is 3.36. The second-order valence-electron chi connectivity index (χ2n) is 6.17. The second-order valence-corrected chi connectivity index (χ2v) is 8.03. The molecule has 2 fully saturated rings. The van der Waals surface area contributed by atoms with Crippen LogP contribution in [0.25, 0.3) is 0 Å². The number of halogens is 1. The topological polar surface area (TPSA) is 65.1 Å². The Balaban J connectivity index is 1.95. The first-order chi connectivity index (χ1) is 11.5. The van der Waals surface area contributed by atoms with Gasteiger partial charge in [0.05, 0.1) is 20.8 Å². The lowest BCUT2D eigenvalue weighted by molar-refractivity contribution is 0.180. The molecule has 2 aliphatic rings. The van der Waals surface area contributed by atoms with Crippen molar-refractivity contribution in [3.63, 3.8) is 0 Å². The lowest BCUT2D eigenvalue weighted by Crippen LogP contribution is -2.37. The zero-order valence-electron chi connectivity index (χ0n) is 13.8. The number of methoxy groups -OCH3 is 2. The summed E-state index contributed by atoms with van der Waals surface area (Å²) in [6, 6.07) is 2.20. The van der Waals surface area contributed by atoms with E-state index in [0.717, 1.165) is 25.3 Å². The van der Waals surface area contributed by atoms with E-state index in [1.165, 1.54) is 24.6 Å². The van der Waals surface area contributed by atoms with E-state index in [1.807, 2.05) is 0 Å². The van der Waals surface area contributed by atoms with Crippen LogP contribution in [0, 0.1) is 11.7 Å². The molecule has 24 heavy (non-hydrogen) atoms. The molecule has 0 N–H and O–H groups in total. The van der Waals surface area contributed by atoms with Gasteiger partial charge in [0.25, 0.3) is 0 Å². The van der Waals surface area contributed by atoms with E-state index >= 15 is 0 Å². The fourth-order valence-corrected chi connectivity index (χ4v) is 4.77. The fourth-order valence-electron chi connectivity index (χ4n) is 2.95. The van der Waals surface area contributed by atoms with Crippen molar-refractivity contribution in [2.75, 3.05) is 34.0 Å². The molecule has 0 spiro atoms. The van der Waals surface area contributed by atoms with Gasteiger partial charge in [-0.2, -0.15) is 4.31 Å². The second kappa shape index (κ2) is 6.85. The lowest BCUT2D eigenvalue weighted by Gasteiger charge is -2.25. The first-order valence-electron chi connectivity index (χ1n) is 7.98. The van der Waals surface area contributed by atoms with Gasteiger partial charge in [-0.15, -0.1) is 0 Å². The molecule has 6 nitrogen and oxygen atoms in total. The lowest BCUT2D eigenvalue weighted by atomic mass is 10.1. The Hall–Kier alpha value is -1.38. The van der Waals surface area contributed by atoms with Gasteiger partial charge in [-0.3, -0.25) is 0 Å². The van der Waals surface area contributed by atoms with Gasteiger partial charge < -0.3 is 14.2 Å². The summed E-state index contributed by atoms with van der Waals surface area (Å²) in [5.74, 6) is -0.321. The highest BCUT2D eigenvalue weighted by Gasteiger charge is 2.41. The van der Waals surface area contributed by atoms with Gasteiger partial charge in [0, 0.05) is 31.3 Å². The normalized spacial score (nSPS) is 21.2. The molecule has 1 saturated carbocycles. The standard InChI is InChI=1S/C16H22FNO5S/c1-21-14-7-13(17)16(8-15(14)22-2)24(19,20)18(12-3-4-12)9-11-5-6-23-10-11/h7-8,11-12H,3-6,9-10H2,1-2H3/t11-/m1/s1. The minimum absolute atomic E-state index is 0.0527. The molecule has 1 heterocycles. The summed E-state index contributed by atoms with van der Waals surface area (Å²) in [4.78, 5) is -0.369. The maximum atomic E-state index is 14.4. The summed E-state index contributed by atoms with van der Waals surface area (Å²) in [5.41, 5.74) is 0. The van der Waals surface area contributed by atoms with Crippen LogP contribution in [0.2, 0.25) is 0 Å². The summed E-state index contributed by atoms with van der Waals surface area (Å²) >= 11 is 0. The Labute approximate surface area is 141 Å². The highest BCUT2D eigenvalue weighted by atomic mass is 32.2. The van der Waals surface area contributed by atoms with Crippen LogP contribution >= 0.6 is 0 Å². The van der Waals surface area contributed by atoms with E-state index in [-0.39, 0.29) is 28.4 Å². The van der Waals surface area contributed by atoms with E-state index in [1.54, 1.807) is 0 Å². The Morgan fingerprint density at radius 3 is 2.42 bits per heavy atom. The predicted octanol–water partition coefficient (Wildman–Crippen LogP) is 2.03. The van der Waals surface area contributed by atoms with Crippen LogP contribution in [0.1, 0.15) is 19.3 Å². The third-order valence-corrected chi connectivity index (χ3v) is 6.37. The molecule has 1 aliphatic heterocycles. The first kappa shape index (κ1) is 17.4. The van der Waals surface area contributed by atoms with Crippen molar-refractivity contribution in [3.05, 3.63) is 17.9 Å². The van der Waals surface area contributed by atoms with Crippen molar-refractivity contribution in [1.82, 2.24) is 4.31 Å². The molecule has 0 unspecified atom stereocenters. The quantitative estimate of drug-likeness (QED) is 0.745. The van der Waals surface area contributed by atoms with E-state index < -0.39 is 15.8 Å². The molecular weight excluding hydrogens is 337 g/mol. The Morgan fingerprint density at radius 2 is 1.88 bits per heavy atom. The molecule has 0 amide bonds. The summed E-state index contributed by atoms with van der Waals surface area (Å²) in [5, 5.41) is 0. The molecule has 0 bridgehead atoms. The van der Waals surface area contributed by atoms with Crippen LogP contribution in [-0.4, -0.2) is 52.7 Å². The van der Waals surface area contributed by atoms with Crippen LogP contribution in [0.5, 0.6) is 11.5 Å². The molecule has 8 heteroatoms. The Morgan fingerprint density at radius 1 is 1.21 bits per heavy atom. The monoisotopic (exact) mass is 359 g/mol. The number of hydrogen-bond donors (Lipinski definition) is 0. The Kier molecular flexibility index (Phi) is 4.98. The number of rotatable bonds is 7. The van der Waals surface area contributed by atoms with E-state index in [4.69, 9.17) is 14.2 Å². The van der Waals surface area contributed by atoms with Gasteiger partial charge in [-0.25, -0.2) is 12.8 Å². The Bertz CT molecular complexity index is 699. The molecule has 3 rings (SSSR count). The zero-order valence-corrected chi connectivity index (χ0v) is 14.6. The minimum atomic E-state index is -3.95. The molecule has 1 aliphatic carbocycles. The van der Waals surface area contributed by atoms with Crippen molar-refractivity contribution in [2.24, 2.45) is 5.92 Å². The molecule has 1 aromatic rings. The molecule has 134 valence electrons. The molecule has 1 atom stereocenters. The molecule has 1 saturated heterocycles. The summed E-state index contributed by atoms with van der Waals surface area (Å²) in [6.45, 7) is 1.56. The average Bonchev–Trinajstić information content (AvgIpc) is 3.27. The van der Waals surface area contributed by atoms with Crippen molar-refractivity contribution in [2.45, 2.75) is 30.2 Å². The molecule has 0 radical (unpaired) electrons. The highest BCUT2D eigenvalue weighted by molar-refractivity contribution is 7.89. The van der Waals surface area contributed by atoms with Gasteiger partial charge in [0.15, 0.2) is 11.5 Å². The van der Waals surface area contributed by atoms with Crippen molar-refractivity contribution in [3.8, 4) is 11.5 Å². The number of hydrogen-bond acceptors (Lipinski definition) is 5. The largest absolute Gasteiger partial charge is 0.493 e. The van der Waals surface area contributed by atoms with E-state index in [0.29, 0.717) is 19.8 Å². The van der Waals surface area contributed by atoms with Crippen molar-refractivity contribution >= 4 is 10.0 Å². The molecular formula is C16H22FNO5S. The summed E-state index contributed by atoms with van der Waals surface area (Å²) in [7, 11) is -1.18. The van der Waals surface area contributed by atoms with Crippen LogP contribution in [0.3, 0.4) is 0 Å². The van der Waals surface area contributed by atoms with Gasteiger partial charge in [-0.1, -0.05) is 0 Å². The van der Waals surface area contributed by atoms with Crippen LogP contribution in [-0.2, 0) is 14.8 Å². The molecule has 0 aromatic heterocycles. The first-order valence-corrected chi connectivity index (χ1v) is 9.42. The maximum absolute atomic E-state index is 14.4. The van der Waals surface area contributed by atoms with Gasteiger partial charge in [0.1, 0.15) is 10.7 Å². The smallest absolute Gasteiger partial charge is 0.246 e. The van der Waals surface area contributed by atoms with E-state index in [2.05, 4.69) is 0 Å². The summed E-state index contributed by atoms with van der Waals surface area (Å²) in [6.07, 6.45) is 2.44. The van der Waals surface area contributed by atoms with Gasteiger partial charge >= 0.3 is 0 Å². The predicted molar refractivity (Wildman–Crippen MR) is 85.3 cm³/mol. The SMILES string of the molecule is COc1cc(F)c(S(=O)(=O)N(C[C@H]2CCOC2)C2CC2)cc1OC. The van der Waals surface area contributed by atoms with Crippen molar-refractivity contribution in [1.29, 1.82) is 0 Å². The maximum Gasteiger partial charge on any atom is 0.246 e. The number of ether oxygens (including phenoxy) is 3. The van der Waals surface area contributed by atoms with Crippen LogP contribution < -0.4 is 9.47 Å². The van der Waals surface area contributed by atoms with Crippen LogP contribution in [0.15, 0.2) is 17.0 Å². The molecule has 1 aromatic carbocycles. The van der Waals surface area contributed by atoms with Crippen LogP contribution in [0.4, 0.5) is 4.39 Å². The minimum Gasteiger partial charge on any atom is -0.493 e. The van der Waals surface area contributed by atoms with Gasteiger partial charge in [-0.05, 0) is 25.2 Å². The van der Waals surface area contributed by atoms with E-state index in [9.17, 15) is 12.8 Å².